The number of benzene rings is 3. The molecule has 0 atom stereocenters. The van der Waals surface area contributed by atoms with Crippen LogP contribution in [0.3, 0.4) is 0 Å². The molecule has 3 aromatic carbocycles. The van der Waals surface area contributed by atoms with E-state index < -0.39 is 0 Å². The number of aromatic nitrogens is 1. The van der Waals surface area contributed by atoms with E-state index in [0.29, 0.717) is 24.5 Å². The molecule has 1 aliphatic heterocycles. The Labute approximate surface area is 204 Å². The van der Waals surface area contributed by atoms with Gasteiger partial charge < -0.3 is 14.7 Å². The lowest BCUT2D eigenvalue weighted by molar-refractivity contribution is -0.134. The first kappa shape index (κ1) is 22.8. The highest BCUT2D eigenvalue weighted by molar-refractivity contribution is 5.99. The fourth-order valence-electron chi connectivity index (χ4n) is 4.66. The molecule has 1 fully saturated rings. The zero-order chi connectivity index (χ0) is 24.0. The van der Waals surface area contributed by atoms with Gasteiger partial charge in [-0.3, -0.25) is 14.5 Å². The van der Waals surface area contributed by atoms with Gasteiger partial charge in [-0.05, 0) is 23.3 Å². The molecule has 2 heterocycles. The van der Waals surface area contributed by atoms with Crippen molar-refractivity contribution in [2.75, 3.05) is 31.5 Å². The second kappa shape index (κ2) is 10.5. The van der Waals surface area contributed by atoms with Crippen molar-refractivity contribution < 1.29 is 14.1 Å². The van der Waals surface area contributed by atoms with Gasteiger partial charge in [-0.1, -0.05) is 78.0 Å². The maximum Gasteiger partial charge on any atom is 0.226 e. The second-order valence-electron chi connectivity index (χ2n) is 8.72. The van der Waals surface area contributed by atoms with Crippen molar-refractivity contribution in [2.45, 2.75) is 18.9 Å². The summed E-state index contributed by atoms with van der Waals surface area (Å²) in [6, 6.07) is 28.5. The molecule has 7 nitrogen and oxygen atoms in total. The SMILES string of the molecule is O=C(CCC(=O)N1CCN(C(c2ccccc2)c2ccccc2)CC1)Nc1noc2ccccc12. The molecule has 5 rings (SSSR count). The molecule has 0 unspecified atom stereocenters. The normalized spacial score (nSPS) is 14.4. The maximum absolute atomic E-state index is 12.8. The molecule has 0 radical (unpaired) electrons. The van der Waals surface area contributed by atoms with Crippen LogP contribution in [0.25, 0.3) is 11.0 Å². The van der Waals surface area contributed by atoms with Crippen molar-refractivity contribution >= 4 is 28.6 Å². The molecule has 1 N–H and O–H groups in total. The predicted molar refractivity (Wildman–Crippen MR) is 135 cm³/mol. The molecule has 7 heteroatoms. The zero-order valence-corrected chi connectivity index (χ0v) is 19.5. The van der Waals surface area contributed by atoms with Gasteiger partial charge in [0.1, 0.15) is 0 Å². The minimum absolute atomic E-state index is 0.000725. The summed E-state index contributed by atoms with van der Waals surface area (Å²) in [5.41, 5.74) is 3.10. The van der Waals surface area contributed by atoms with Crippen molar-refractivity contribution in [1.82, 2.24) is 15.0 Å². The van der Waals surface area contributed by atoms with E-state index in [-0.39, 0.29) is 30.7 Å². The third kappa shape index (κ3) is 5.25. The van der Waals surface area contributed by atoms with Crippen LogP contribution in [-0.4, -0.2) is 52.9 Å². The van der Waals surface area contributed by atoms with E-state index in [1.54, 1.807) is 6.07 Å². The quantitative estimate of drug-likeness (QED) is 0.433. The van der Waals surface area contributed by atoms with Crippen LogP contribution in [0, 0.1) is 0 Å². The fourth-order valence-corrected chi connectivity index (χ4v) is 4.66. The average molecular weight is 469 g/mol. The number of anilines is 1. The van der Waals surface area contributed by atoms with Crippen LogP contribution in [0.15, 0.2) is 89.5 Å². The van der Waals surface area contributed by atoms with Crippen LogP contribution in [-0.2, 0) is 9.59 Å². The summed E-state index contributed by atoms with van der Waals surface area (Å²) in [5, 5.41) is 7.42. The highest BCUT2D eigenvalue weighted by Gasteiger charge is 2.28. The van der Waals surface area contributed by atoms with E-state index in [4.69, 9.17) is 4.52 Å². The van der Waals surface area contributed by atoms with E-state index >= 15 is 0 Å². The lowest BCUT2D eigenvalue weighted by Gasteiger charge is -2.39. The first-order chi connectivity index (χ1) is 17.2. The Bertz CT molecular complexity index is 1240. The molecule has 4 aromatic rings. The second-order valence-corrected chi connectivity index (χ2v) is 8.72. The summed E-state index contributed by atoms with van der Waals surface area (Å²) < 4.78 is 5.22. The van der Waals surface area contributed by atoms with Crippen LogP contribution < -0.4 is 5.32 Å². The third-order valence-electron chi connectivity index (χ3n) is 6.46. The van der Waals surface area contributed by atoms with Gasteiger partial charge in [-0.25, -0.2) is 0 Å². The van der Waals surface area contributed by atoms with Gasteiger partial charge in [0, 0.05) is 39.0 Å². The number of hydrogen-bond acceptors (Lipinski definition) is 5. The van der Waals surface area contributed by atoms with Crippen LogP contribution >= 0.6 is 0 Å². The van der Waals surface area contributed by atoms with Gasteiger partial charge in [-0.2, -0.15) is 0 Å². The molecule has 35 heavy (non-hydrogen) atoms. The first-order valence-electron chi connectivity index (χ1n) is 11.9. The number of nitrogens with zero attached hydrogens (tertiary/aromatic N) is 3. The number of piperazine rings is 1. The Balaban J connectivity index is 1.16. The lowest BCUT2D eigenvalue weighted by atomic mass is 9.96. The van der Waals surface area contributed by atoms with Crippen molar-refractivity contribution in [1.29, 1.82) is 0 Å². The molecule has 0 saturated carbocycles. The van der Waals surface area contributed by atoms with Gasteiger partial charge in [0.15, 0.2) is 11.4 Å². The number of para-hydroxylation sites is 1. The average Bonchev–Trinajstić information content (AvgIpc) is 3.32. The van der Waals surface area contributed by atoms with Crippen molar-refractivity contribution in [2.24, 2.45) is 0 Å². The van der Waals surface area contributed by atoms with E-state index in [2.05, 4.69) is 63.9 Å². The minimum Gasteiger partial charge on any atom is -0.354 e. The number of amides is 2. The summed E-state index contributed by atoms with van der Waals surface area (Å²) in [6.45, 7) is 2.84. The molecule has 0 aliphatic carbocycles. The van der Waals surface area contributed by atoms with Crippen LogP contribution in [0.1, 0.15) is 30.0 Å². The molecule has 1 saturated heterocycles. The van der Waals surface area contributed by atoms with Gasteiger partial charge in [0.2, 0.25) is 11.8 Å². The standard InChI is InChI=1S/C28H28N4O3/c33-25(29-28-23-13-7-8-14-24(23)35-30-28)15-16-26(34)31-17-19-32(20-18-31)27(21-9-3-1-4-10-21)22-11-5-2-6-12-22/h1-14,27H,15-20H2,(H,29,30,33). The Morgan fingerprint density at radius 2 is 1.40 bits per heavy atom. The summed E-state index contributed by atoms with van der Waals surface area (Å²) in [6.07, 6.45) is 0.277. The first-order valence-corrected chi connectivity index (χ1v) is 11.9. The Kier molecular flexibility index (Phi) is 6.86. The molecular weight excluding hydrogens is 440 g/mol. The van der Waals surface area contributed by atoms with Crippen molar-refractivity contribution in [3.63, 3.8) is 0 Å². The Hall–Kier alpha value is -3.97. The topological polar surface area (TPSA) is 78.7 Å². The monoisotopic (exact) mass is 468 g/mol. The summed E-state index contributed by atoms with van der Waals surface area (Å²) in [4.78, 5) is 29.5. The zero-order valence-electron chi connectivity index (χ0n) is 19.5. The van der Waals surface area contributed by atoms with E-state index in [0.717, 1.165) is 18.5 Å². The van der Waals surface area contributed by atoms with E-state index in [9.17, 15) is 9.59 Å². The number of fused-ring (bicyclic) bond motifs is 1. The van der Waals surface area contributed by atoms with Crippen LogP contribution in [0.5, 0.6) is 0 Å². The smallest absolute Gasteiger partial charge is 0.226 e. The number of nitrogens with one attached hydrogen (secondary N) is 1. The number of carbonyl (C=O) groups is 2. The Morgan fingerprint density at radius 1 is 0.800 bits per heavy atom. The predicted octanol–water partition coefficient (Wildman–Crippen LogP) is 4.48. The van der Waals surface area contributed by atoms with Gasteiger partial charge in [0.05, 0.1) is 11.4 Å². The molecule has 0 spiro atoms. The van der Waals surface area contributed by atoms with Gasteiger partial charge in [-0.15, -0.1) is 0 Å². The Morgan fingerprint density at radius 3 is 2.06 bits per heavy atom. The van der Waals surface area contributed by atoms with E-state index in [1.807, 2.05) is 35.2 Å². The van der Waals surface area contributed by atoms with Gasteiger partial charge >= 0.3 is 0 Å². The van der Waals surface area contributed by atoms with E-state index in [1.165, 1.54) is 11.1 Å². The summed E-state index contributed by atoms with van der Waals surface area (Å²) >= 11 is 0. The van der Waals surface area contributed by atoms with Crippen LogP contribution in [0.4, 0.5) is 5.82 Å². The number of rotatable bonds is 7. The van der Waals surface area contributed by atoms with Crippen LogP contribution in [0.2, 0.25) is 0 Å². The molecule has 2 amide bonds. The molecule has 178 valence electrons. The molecule has 1 aliphatic rings. The lowest BCUT2D eigenvalue weighted by Crippen LogP contribution is -2.50. The minimum atomic E-state index is -0.246. The van der Waals surface area contributed by atoms with Crippen molar-refractivity contribution in [3.05, 3.63) is 96.1 Å². The summed E-state index contributed by atoms with van der Waals surface area (Å²) in [5.74, 6) is 0.143. The van der Waals surface area contributed by atoms with Crippen molar-refractivity contribution in [3.8, 4) is 0 Å². The molecule has 0 bridgehead atoms. The summed E-state index contributed by atoms with van der Waals surface area (Å²) in [7, 11) is 0. The third-order valence-corrected chi connectivity index (χ3v) is 6.46. The molecular formula is C28H28N4O3. The largest absolute Gasteiger partial charge is 0.354 e. The van der Waals surface area contributed by atoms with Gasteiger partial charge in [0.25, 0.3) is 0 Å². The maximum atomic E-state index is 12.8. The molecule has 1 aromatic heterocycles. The number of carbonyl (C=O) groups excluding carboxylic acids is 2. The number of hydrogen-bond donors (Lipinski definition) is 1. The highest BCUT2D eigenvalue weighted by Crippen LogP contribution is 2.29. The highest BCUT2D eigenvalue weighted by atomic mass is 16.5. The fraction of sp³-hybridized carbons (Fsp3) is 0.250.